The van der Waals surface area contributed by atoms with E-state index in [0.29, 0.717) is 5.69 Å². The summed E-state index contributed by atoms with van der Waals surface area (Å²) in [6.07, 6.45) is 0. The molecule has 0 bridgehead atoms. The van der Waals surface area contributed by atoms with Gasteiger partial charge in [-0.25, -0.2) is 4.79 Å². The maximum Gasteiger partial charge on any atom is 0.335 e. The maximum absolute atomic E-state index is 13.0. The molecule has 6 nitrogen and oxygen atoms in total. The van der Waals surface area contributed by atoms with E-state index in [1.807, 2.05) is 16.8 Å². The second kappa shape index (κ2) is 7.28. The predicted molar refractivity (Wildman–Crippen MR) is 98.0 cm³/mol. The molecular formula is C19H15NO5S. The lowest BCUT2D eigenvalue weighted by molar-refractivity contribution is 0.0696. The standard InChI is InChI=1S/C19H15NO5S/c21-15-5-6-16(17(22)9-15)18(23)20(10-12-7-8-26-11-12)14-3-1-13(2-4-14)19(24)25/h1-9,11,21-22H,10H2,(H,24,25). The summed E-state index contributed by atoms with van der Waals surface area (Å²) in [5, 5.41) is 32.3. The average molecular weight is 369 g/mol. The van der Waals surface area contributed by atoms with Gasteiger partial charge in [0.2, 0.25) is 0 Å². The van der Waals surface area contributed by atoms with Crippen LogP contribution in [0.2, 0.25) is 0 Å². The van der Waals surface area contributed by atoms with E-state index < -0.39 is 11.9 Å². The van der Waals surface area contributed by atoms with Gasteiger partial charge >= 0.3 is 5.97 Å². The minimum absolute atomic E-state index is 0.0420. The van der Waals surface area contributed by atoms with Gasteiger partial charge < -0.3 is 20.2 Å². The Bertz CT molecular complexity index is 935. The van der Waals surface area contributed by atoms with E-state index in [0.717, 1.165) is 11.6 Å². The summed E-state index contributed by atoms with van der Waals surface area (Å²) in [5.41, 5.74) is 1.56. The second-order valence-electron chi connectivity index (χ2n) is 5.58. The number of aromatic hydroxyl groups is 2. The van der Waals surface area contributed by atoms with Gasteiger partial charge in [-0.3, -0.25) is 4.79 Å². The largest absolute Gasteiger partial charge is 0.508 e. The van der Waals surface area contributed by atoms with Crippen molar-refractivity contribution in [3.63, 3.8) is 0 Å². The number of hydrogen-bond donors (Lipinski definition) is 3. The molecule has 0 saturated carbocycles. The van der Waals surface area contributed by atoms with E-state index >= 15 is 0 Å². The number of benzene rings is 2. The van der Waals surface area contributed by atoms with Crippen molar-refractivity contribution >= 4 is 28.9 Å². The Hall–Kier alpha value is -3.32. The van der Waals surface area contributed by atoms with Gasteiger partial charge in [0, 0.05) is 11.8 Å². The Morgan fingerprint density at radius 1 is 1.00 bits per heavy atom. The van der Waals surface area contributed by atoms with Crippen LogP contribution in [0.15, 0.2) is 59.3 Å². The molecule has 3 N–H and O–H groups in total. The van der Waals surface area contributed by atoms with Crippen LogP contribution < -0.4 is 4.90 Å². The highest BCUT2D eigenvalue weighted by Gasteiger charge is 2.22. The van der Waals surface area contributed by atoms with E-state index in [-0.39, 0.29) is 29.2 Å². The lowest BCUT2D eigenvalue weighted by Crippen LogP contribution is -2.30. The van der Waals surface area contributed by atoms with E-state index in [1.165, 1.54) is 40.5 Å². The van der Waals surface area contributed by atoms with Gasteiger partial charge in [-0.15, -0.1) is 0 Å². The van der Waals surface area contributed by atoms with Gasteiger partial charge in [0.25, 0.3) is 5.91 Å². The number of thiophene rings is 1. The summed E-state index contributed by atoms with van der Waals surface area (Å²) < 4.78 is 0. The summed E-state index contributed by atoms with van der Waals surface area (Å²) in [6.45, 7) is 0.259. The minimum atomic E-state index is -1.05. The molecule has 2 aromatic carbocycles. The topological polar surface area (TPSA) is 98.1 Å². The number of phenolic OH excluding ortho intramolecular Hbond substituents is 2. The molecule has 0 radical (unpaired) electrons. The predicted octanol–water partition coefficient (Wildman–Crippen LogP) is 3.70. The number of amides is 1. The molecule has 3 rings (SSSR count). The fourth-order valence-corrected chi connectivity index (χ4v) is 3.14. The summed E-state index contributed by atoms with van der Waals surface area (Å²) in [4.78, 5) is 25.5. The Kier molecular flexibility index (Phi) is 4.90. The van der Waals surface area contributed by atoms with Crippen molar-refractivity contribution in [3.05, 3.63) is 76.0 Å². The molecule has 132 valence electrons. The van der Waals surface area contributed by atoms with Crippen LogP contribution in [0.5, 0.6) is 11.5 Å². The molecule has 0 spiro atoms. The number of carboxylic acid groups (broad SMARTS) is 1. The molecule has 1 amide bonds. The van der Waals surface area contributed by atoms with Crippen LogP contribution in [0.3, 0.4) is 0 Å². The number of rotatable bonds is 5. The third-order valence-corrected chi connectivity index (χ3v) is 4.54. The van der Waals surface area contributed by atoms with Crippen LogP contribution in [-0.2, 0) is 6.54 Å². The highest BCUT2D eigenvalue weighted by Crippen LogP contribution is 2.27. The normalized spacial score (nSPS) is 10.5. The van der Waals surface area contributed by atoms with Crippen LogP contribution in [0, 0.1) is 0 Å². The number of hydrogen-bond acceptors (Lipinski definition) is 5. The van der Waals surface area contributed by atoms with Crippen LogP contribution in [0.4, 0.5) is 5.69 Å². The highest BCUT2D eigenvalue weighted by atomic mass is 32.1. The summed E-state index contributed by atoms with van der Waals surface area (Å²) >= 11 is 1.50. The van der Waals surface area contributed by atoms with Crippen LogP contribution in [0.25, 0.3) is 0 Å². The fraction of sp³-hybridized carbons (Fsp3) is 0.0526. The van der Waals surface area contributed by atoms with Gasteiger partial charge in [0.1, 0.15) is 11.5 Å². The molecule has 0 atom stereocenters. The van der Waals surface area contributed by atoms with Crippen molar-refractivity contribution in [3.8, 4) is 11.5 Å². The Balaban J connectivity index is 1.99. The zero-order chi connectivity index (χ0) is 18.7. The number of carbonyl (C=O) groups is 2. The number of carboxylic acids is 1. The number of phenols is 2. The molecule has 1 heterocycles. The van der Waals surface area contributed by atoms with Crippen molar-refractivity contribution in [1.82, 2.24) is 0 Å². The van der Waals surface area contributed by atoms with Crippen molar-refractivity contribution in [2.75, 3.05) is 4.90 Å². The van der Waals surface area contributed by atoms with Gasteiger partial charge in [-0.2, -0.15) is 11.3 Å². The summed E-state index contributed by atoms with van der Waals surface area (Å²) in [6, 6.07) is 11.6. The van der Waals surface area contributed by atoms with E-state index in [4.69, 9.17) is 5.11 Å². The molecule has 0 aliphatic heterocycles. The molecule has 3 aromatic rings. The van der Waals surface area contributed by atoms with E-state index in [1.54, 1.807) is 12.1 Å². The molecule has 0 fully saturated rings. The Labute approximate surface area is 153 Å². The first-order valence-electron chi connectivity index (χ1n) is 7.64. The summed E-state index contributed by atoms with van der Waals surface area (Å²) in [7, 11) is 0. The number of anilines is 1. The fourth-order valence-electron chi connectivity index (χ4n) is 2.48. The SMILES string of the molecule is O=C(O)c1ccc(N(Cc2ccsc2)C(=O)c2ccc(O)cc2O)cc1. The number of aromatic carboxylic acids is 1. The molecule has 7 heteroatoms. The smallest absolute Gasteiger partial charge is 0.335 e. The Morgan fingerprint density at radius 2 is 1.73 bits per heavy atom. The highest BCUT2D eigenvalue weighted by molar-refractivity contribution is 7.07. The second-order valence-corrected chi connectivity index (χ2v) is 6.36. The third kappa shape index (κ3) is 3.68. The van der Waals surface area contributed by atoms with Gasteiger partial charge in [-0.05, 0) is 58.8 Å². The first-order valence-corrected chi connectivity index (χ1v) is 8.58. The van der Waals surface area contributed by atoms with Crippen molar-refractivity contribution in [2.45, 2.75) is 6.54 Å². The number of nitrogens with zero attached hydrogens (tertiary/aromatic N) is 1. The zero-order valence-corrected chi connectivity index (χ0v) is 14.3. The molecule has 26 heavy (non-hydrogen) atoms. The Morgan fingerprint density at radius 3 is 2.31 bits per heavy atom. The summed E-state index contributed by atoms with van der Waals surface area (Å²) in [5.74, 6) is -1.98. The minimum Gasteiger partial charge on any atom is -0.508 e. The quantitative estimate of drug-likeness (QED) is 0.637. The molecule has 0 unspecified atom stereocenters. The molecular weight excluding hydrogens is 354 g/mol. The maximum atomic E-state index is 13.0. The third-order valence-electron chi connectivity index (χ3n) is 3.80. The van der Waals surface area contributed by atoms with Gasteiger partial charge in [0.05, 0.1) is 17.7 Å². The zero-order valence-electron chi connectivity index (χ0n) is 13.5. The van der Waals surface area contributed by atoms with E-state index in [9.17, 15) is 19.8 Å². The average Bonchev–Trinajstić information content (AvgIpc) is 3.12. The monoisotopic (exact) mass is 369 g/mol. The van der Waals surface area contributed by atoms with Crippen LogP contribution >= 0.6 is 11.3 Å². The van der Waals surface area contributed by atoms with Crippen molar-refractivity contribution < 1.29 is 24.9 Å². The molecule has 1 aromatic heterocycles. The first-order chi connectivity index (χ1) is 12.5. The van der Waals surface area contributed by atoms with Crippen LogP contribution in [0.1, 0.15) is 26.3 Å². The molecule has 0 aliphatic rings. The van der Waals surface area contributed by atoms with Crippen LogP contribution in [-0.4, -0.2) is 27.2 Å². The first kappa shape index (κ1) is 17.5. The van der Waals surface area contributed by atoms with Gasteiger partial charge in [-0.1, -0.05) is 0 Å². The van der Waals surface area contributed by atoms with Crippen molar-refractivity contribution in [1.29, 1.82) is 0 Å². The van der Waals surface area contributed by atoms with Crippen molar-refractivity contribution in [2.24, 2.45) is 0 Å². The van der Waals surface area contributed by atoms with E-state index in [2.05, 4.69) is 0 Å². The molecule has 0 saturated heterocycles. The lowest BCUT2D eigenvalue weighted by Gasteiger charge is -2.23. The number of carbonyl (C=O) groups excluding carboxylic acids is 1. The lowest BCUT2D eigenvalue weighted by atomic mass is 10.1. The van der Waals surface area contributed by atoms with Gasteiger partial charge in [0.15, 0.2) is 0 Å². The molecule has 0 aliphatic carbocycles.